The first-order valence-electron chi connectivity index (χ1n) is 7.50. The van der Waals surface area contributed by atoms with Crippen molar-refractivity contribution in [1.82, 2.24) is 5.32 Å². The number of halogens is 1. The van der Waals surface area contributed by atoms with E-state index in [9.17, 15) is 4.39 Å². The van der Waals surface area contributed by atoms with Crippen molar-refractivity contribution < 1.29 is 4.39 Å². The fourth-order valence-electron chi connectivity index (χ4n) is 2.82. The maximum atomic E-state index is 14.3. The number of hydrogen-bond acceptors (Lipinski definition) is 3. The Morgan fingerprint density at radius 1 is 1.30 bits per heavy atom. The van der Waals surface area contributed by atoms with Gasteiger partial charge in [0.05, 0.1) is 5.69 Å². The minimum Gasteiger partial charge on any atom is -0.367 e. The average molecular weight is 296 g/mol. The molecule has 1 aliphatic heterocycles. The van der Waals surface area contributed by atoms with E-state index < -0.39 is 0 Å². The highest BCUT2D eigenvalue weighted by Gasteiger charge is 2.25. The first kappa shape index (κ1) is 15.6. The molecule has 1 fully saturated rings. The topological polar surface area (TPSA) is 15.3 Å². The van der Waals surface area contributed by atoms with Gasteiger partial charge in [0.1, 0.15) is 5.82 Å². The smallest absolute Gasteiger partial charge is 0.146 e. The second kappa shape index (κ2) is 7.32. The van der Waals surface area contributed by atoms with Crippen LogP contribution in [0.3, 0.4) is 0 Å². The lowest BCUT2D eigenvalue weighted by atomic mass is 10.1. The molecule has 112 valence electrons. The summed E-state index contributed by atoms with van der Waals surface area (Å²) in [6.07, 6.45) is 1.10. The Morgan fingerprint density at radius 2 is 2.00 bits per heavy atom. The highest BCUT2D eigenvalue weighted by molar-refractivity contribution is 8.00. The lowest BCUT2D eigenvalue weighted by Gasteiger charge is -2.37. The van der Waals surface area contributed by atoms with Crippen molar-refractivity contribution in [2.75, 3.05) is 24.5 Å². The van der Waals surface area contributed by atoms with Crippen LogP contribution in [-0.4, -0.2) is 30.1 Å². The first-order valence-corrected chi connectivity index (χ1v) is 8.44. The van der Waals surface area contributed by atoms with Crippen LogP contribution in [0, 0.1) is 5.82 Å². The molecule has 20 heavy (non-hydrogen) atoms. The zero-order chi connectivity index (χ0) is 14.5. The molecular formula is C16H25FN2S. The molecule has 1 N–H and O–H groups in total. The second-order valence-electron chi connectivity index (χ2n) is 5.59. The maximum Gasteiger partial charge on any atom is 0.146 e. The summed E-state index contributed by atoms with van der Waals surface area (Å²) in [6.45, 7) is 10.2. The van der Waals surface area contributed by atoms with Gasteiger partial charge in [-0.25, -0.2) is 4.39 Å². The van der Waals surface area contributed by atoms with Crippen LogP contribution in [0.25, 0.3) is 0 Å². The van der Waals surface area contributed by atoms with E-state index in [1.54, 1.807) is 6.07 Å². The van der Waals surface area contributed by atoms with E-state index in [-0.39, 0.29) is 5.82 Å². The lowest BCUT2D eigenvalue weighted by Crippen LogP contribution is -2.41. The van der Waals surface area contributed by atoms with Gasteiger partial charge in [-0.2, -0.15) is 11.8 Å². The van der Waals surface area contributed by atoms with E-state index in [0.717, 1.165) is 43.9 Å². The van der Waals surface area contributed by atoms with Crippen molar-refractivity contribution >= 4 is 17.4 Å². The van der Waals surface area contributed by atoms with Crippen LogP contribution in [0.5, 0.6) is 0 Å². The summed E-state index contributed by atoms with van der Waals surface area (Å²) in [6, 6.07) is 5.43. The van der Waals surface area contributed by atoms with Gasteiger partial charge in [0, 0.05) is 30.1 Å². The van der Waals surface area contributed by atoms with Gasteiger partial charge in [-0.05, 0) is 24.6 Å². The monoisotopic (exact) mass is 296 g/mol. The Balaban J connectivity index is 2.20. The second-order valence-corrected chi connectivity index (χ2v) is 7.47. The van der Waals surface area contributed by atoms with E-state index >= 15 is 0 Å². The molecule has 0 saturated carbocycles. The molecule has 1 aliphatic rings. The van der Waals surface area contributed by atoms with Gasteiger partial charge in [0.2, 0.25) is 0 Å². The molecule has 0 aliphatic carbocycles. The summed E-state index contributed by atoms with van der Waals surface area (Å²) >= 11 is 1.99. The van der Waals surface area contributed by atoms with Crippen molar-refractivity contribution in [3.05, 3.63) is 29.6 Å². The van der Waals surface area contributed by atoms with Gasteiger partial charge in [0.25, 0.3) is 0 Å². The van der Waals surface area contributed by atoms with E-state index in [0.29, 0.717) is 10.5 Å². The Kier molecular flexibility index (Phi) is 5.73. The summed E-state index contributed by atoms with van der Waals surface area (Å²) in [5, 5.41) is 4.48. The van der Waals surface area contributed by atoms with Gasteiger partial charge >= 0.3 is 0 Å². The Labute approximate surface area is 126 Å². The highest BCUT2D eigenvalue weighted by atomic mass is 32.2. The van der Waals surface area contributed by atoms with Crippen LogP contribution in [0.4, 0.5) is 10.1 Å². The van der Waals surface area contributed by atoms with Crippen molar-refractivity contribution in [2.24, 2.45) is 0 Å². The van der Waals surface area contributed by atoms with Gasteiger partial charge < -0.3 is 10.2 Å². The van der Waals surface area contributed by atoms with Crippen molar-refractivity contribution in [3.63, 3.8) is 0 Å². The molecule has 2 nitrogen and oxygen atoms in total. The fraction of sp³-hybridized carbons (Fsp3) is 0.625. The summed E-state index contributed by atoms with van der Waals surface area (Å²) in [4.78, 5) is 2.23. The highest BCUT2D eigenvalue weighted by Crippen LogP contribution is 2.32. The lowest BCUT2D eigenvalue weighted by molar-refractivity contribution is 0.602. The maximum absolute atomic E-state index is 14.3. The predicted molar refractivity (Wildman–Crippen MR) is 87.1 cm³/mol. The minimum atomic E-state index is -0.0906. The van der Waals surface area contributed by atoms with E-state index in [1.807, 2.05) is 23.9 Å². The predicted octanol–water partition coefficient (Wildman–Crippen LogP) is 3.66. The molecule has 2 rings (SSSR count). The molecule has 4 heteroatoms. The molecule has 1 aromatic rings. The standard InChI is InChI=1S/C16H25FN2S/c1-4-8-18-9-14-6-5-7-15(17)16(14)19-10-12(2)20-13(3)11-19/h5-7,12-13,18H,4,8-11H2,1-3H3. The SMILES string of the molecule is CCCNCc1cccc(F)c1N1CC(C)SC(C)C1. The summed E-state index contributed by atoms with van der Waals surface area (Å²) < 4.78 is 14.3. The number of rotatable bonds is 5. The number of nitrogens with one attached hydrogen (secondary N) is 1. The number of anilines is 1. The van der Waals surface area contributed by atoms with Crippen molar-refractivity contribution in [2.45, 2.75) is 44.2 Å². The van der Waals surface area contributed by atoms with E-state index in [1.165, 1.54) is 0 Å². The summed E-state index contributed by atoms with van der Waals surface area (Å²) in [5.41, 5.74) is 1.87. The van der Waals surface area contributed by atoms with Crippen LogP contribution in [0.1, 0.15) is 32.8 Å². The van der Waals surface area contributed by atoms with Gasteiger partial charge in [0.15, 0.2) is 0 Å². The zero-order valence-electron chi connectivity index (χ0n) is 12.7. The third-order valence-corrected chi connectivity index (χ3v) is 4.78. The number of hydrogen-bond donors (Lipinski definition) is 1. The van der Waals surface area contributed by atoms with Gasteiger partial charge in [-0.15, -0.1) is 0 Å². The first-order chi connectivity index (χ1) is 9.61. The Morgan fingerprint density at radius 3 is 2.65 bits per heavy atom. The molecule has 1 saturated heterocycles. The van der Waals surface area contributed by atoms with Crippen molar-refractivity contribution in [3.8, 4) is 0 Å². The number of thioether (sulfide) groups is 1. The number of benzene rings is 1. The average Bonchev–Trinajstić information content (AvgIpc) is 2.38. The molecule has 0 bridgehead atoms. The third-order valence-electron chi connectivity index (χ3n) is 3.55. The minimum absolute atomic E-state index is 0.0906. The van der Waals surface area contributed by atoms with Crippen LogP contribution < -0.4 is 10.2 Å². The number of para-hydroxylation sites is 1. The molecule has 0 spiro atoms. The number of nitrogens with zero attached hydrogens (tertiary/aromatic N) is 1. The summed E-state index contributed by atoms with van der Waals surface area (Å²) in [5.74, 6) is -0.0906. The molecule has 2 atom stereocenters. The van der Waals surface area contributed by atoms with E-state index in [4.69, 9.17) is 0 Å². The van der Waals surface area contributed by atoms with E-state index in [2.05, 4.69) is 31.0 Å². The molecule has 0 radical (unpaired) electrons. The van der Waals surface area contributed by atoms with Crippen molar-refractivity contribution in [1.29, 1.82) is 0 Å². The van der Waals surface area contributed by atoms with Crippen LogP contribution in [-0.2, 0) is 6.54 Å². The fourth-order valence-corrected chi connectivity index (χ4v) is 4.14. The molecule has 0 amide bonds. The van der Waals surface area contributed by atoms with Gasteiger partial charge in [-0.3, -0.25) is 0 Å². The Hall–Kier alpha value is -0.740. The normalized spacial score (nSPS) is 23.1. The van der Waals surface area contributed by atoms with Crippen LogP contribution >= 0.6 is 11.8 Å². The molecule has 0 aromatic heterocycles. The van der Waals surface area contributed by atoms with Crippen LogP contribution in [0.2, 0.25) is 0 Å². The quantitative estimate of drug-likeness (QED) is 0.835. The van der Waals surface area contributed by atoms with Crippen LogP contribution in [0.15, 0.2) is 18.2 Å². The summed E-state index contributed by atoms with van der Waals surface area (Å²) in [7, 11) is 0. The molecule has 1 heterocycles. The molecular weight excluding hydrogens is 271 g/mol. The molecule has 1 aromatic carbocycles. The molecule has 2 unspecified atom stereocenters. The third kappa shape index (κ3) is 3.89. The Bertz CT molecular complexity index is 428. The zero-order valence-corrected chi connectivity index (χ0v) is 13.5. The van der Waals surface area contributed by atoms with Gasteiger partial charge in [-0.1, -0.05) is 32.9 Å². The largest absolute Gasteiger partial charge is 0.367 e.